The van der Waals surface area contributed by atoms with Gasteiger partial charge in [0.2, 0.25) is 10.0 Å². The van der Waals surface area contributed by atoms with Gasteiger partial charge in [0.05, 0.1) is 12.3 Å². The third-order valence-corrected chi connectivity index (χ3v) is 3.74. The number of nitrogens with one attached hydrogen (secondary N) is 1. The monoisotopic (exact) mass is 284 g/mol. The van der Waals surface area contributed by atoms with Crippen LogP contribution in [0.3, 0.4) is 0 Å². The summed E-state index contributed by atoms with van der Waals surface area (Å²) in [7, 11) is 0.170. The molecule has 0 aliphatic heterocycles. The lowest BCUT2D eigenvalue weighted by atomic mass is 10.2. The van der Waals surface area contributed by atoms with Gasteiger partial charge in [-0.05, 0) is 5.56 Å². The summed E-state index contributed by atoms with van der Waals surface area (Å²) in [6, 6.07) is 9.35. The number of hydrogen-bond acceptors (Lipinski definition) is 3. The Morgan fingerprint density at radius 1 is 1.32 bits per heavy atom. The van der Waals surface area contributed by atoms with Crippen molar-refractivity contribution in [1.82, 2.24) is 9.62 Å². The molecule has 0 aliphatic carbocycles. The molecule has 1 rings (SSSR count). The second-order valence-corrected chi connectivity index (χ2v) is 6.19. The van der Waals surface area contributed by atoms with Crippen molar-refractivity contribution < 1.29 is 8.42 Å². The van der Waals surface area contributed by atoms with Gasteiger partial charge in [0.25, 0.3) is 0 Å². The first-order valence-electron chi connectivity index (χ1n) is 5.89. The zero-order valence-electron chi connectivity index (χ0n) is 11.2. The molecule has 1 aromatic rings. The van der Waals surface area contributed by atoms with Gasteiger partial charge in [-0.15, -0.1) is 0 Å². The highest BCUT2D eigenvalue weighted by Gasteiger charge is 2.09. The van der Waals surface area contributed by atoms with Crippen molar-refractivity contribution in [3.8, 4) is 0 Å². The number of guanidine groups is 1. The lowest BCUT2D eigenvalue weighted by Crippen LogP contribution is -2.32. The molecule has 19 heavy (non-hydrogen) atoms. The van der Waals surface area contributed by atoms with E-state index in [0.717, 1.165) is 5.56 Å². The molecular formula is C12H20N4O2S. The first kappa shape index (κ1) is 15.5. The molecule has 6 nitrogen and oxygen atoms in total. The van der Waals surface area contributed by atoms with Crippen LogP contribution in [-0.4, -0.2) is 45.7 Å². The normalized spacial score (nSPS) is 12.4. The molecule has 0 aromatic heterocycles. The van der Waals surface area contributed by atoms with Crippen LogP contribution < -0.4 is 10.5 Å². The minimum atomic E-state index is -3.33. The fourth-order valence-corrected chi connectivity index (χ4v) is 2.15. The number of nitrogens with zero attached hydrogens (tertiary/aromatic N) is 2. The van der Waals surface area contributed by atoms with Crippen LogP contribution in [0.15, 0.2) is 35.3 Å². The van der Waals surface area contributed by atoms with Gasteiger partial charge < -0.3 is 10.6 Å². The Bertz CT molecular complexity index is 512. The van der Waals surface area contributed by atoms with Crippen LogP contribution in [-0.2, 0) is 16.6 Å². The molecule has 0 radical (unpaired) electrons. The molecule has 0 bridgehead atoms. The fourth-order valence-electron chi connectivity index (χ4n) is 1.28. The van der Waals surface area contributed by atoms with Gasteiger partial charge in [0, 0.05) is 20.6 Å². The van der Waals surface area contributed by atoms with Crippen LogP contribution in [0.4, 0.5) is 0 Å². The van der Waals surface area contributed by atoms with Gasteiger partial charge in [-0.1, -0.05) is 30.3 Å². The second kappa shape index (κ2) is 7.10. The van der Waals surface area contributed by atoms with Crippen LogP contribution in [0.5, 0.6) is 0 Å². The van der Waals surface area contributed by atoms with Gasteiger partial charge in [-0.2, -0.15) is 0 Å². The van der Waals surface area contributed by atoms with E-state index >= 15 is 0 Å². The first-order valence-corrected chi connectivity index (χ1v) is 7.54. The van der Waals surface area contributed by atoms with E-state index in [9.17, 15) is 8.42 Å². The first-order chi connectivity index (χ1) is 8.91. The molecule has 7 heteroatoms. The zero-order chi connectivity index (χ0) is 14.3. The SMILES string of the molecule is CN(C)C(N)=NCCS(=O)(=O)NCc1ccccc1. The third-order valence-electron chi connectivity index (χ3n) is 2.43. The molecule has 0 spiro atoms. The Hall–Kier alpha value is -1.60. The van der Waals surface area contributed by atoms with Crippen molar-refractivity contribution in [2.75, 3.05) is 26.4 Å². The van der Waals surface area contributed by atoms with Crippen molar-refractivity contribution in [3.05, 3.63) is 35.9 Å². The van der Waals surface area contributed by atoms with E-state index in [1.807, 2.05) is 30.3 Å². The predicted octanol–water partition coefficient (Wildman–Crippen LogP) is -0.0177. The molecule has 0 amide bonds. The quantitative estimate of drug-likeness (QED) is 0.568. The number of hydrogen-bond donors (Lipinski definition) is 2. The van der Waals surface area contributed by atoms with Gasteiger partial charge in [-0.3, -0.25) is 4.99 Å². The predicted molar refractivity (Wildman–Crippen MR) is 77.2 cm³/mol. The zero-order valence-corrected chi connectivity index (χ0v) is 12.0. The molecule has 0 atom stereocenters. The molecule has 0 aliphatic rings. The summed E-state index contributed by atoms with van der Waals surface area (Å²) >= 11 is 0. The number of benzene rings is 1. The Labute approximate surface area is 114 Å². The third kappa shape index (κ3) is 6.21. The lowest BCUT2D eigenvalue weighted by Gasteiger charge is -2.10. The van der Waals surface area contributed by atoms with Crippen molar-refractivity contribution in [2.24, 2.45) is 10.7 Å². The summed E-state index contributed by atoms with van der Waals surface area (Å²) < 4.78 is 26.0. The van der Waals surface area contributed by atoms with E-state index in [2.05, 4.69) is 9.71 Å². The standard InChI is InChI=1S/C12H20N4O2S/c1-16(2)12(13)14-8-9-19(17,18)15-10-11-6-4-3-5-7-11/h3-7,15H,8-10H2,1-2H3,(H2,13,14). The average molecular weight is 284 g/mol. The van der Waals surface area contributed by atoms with Crippen LogP contribution in [0.1, 0.15) is 5.56 Å². The van der Waals surface area contributed by atoms with Crippen LogP contribution in [0.25, 0.3) is 0 Å². The van der Waals surface area contributed by atoms with Gasteiger partial charge >= 0.3 is 0 Å². The number of sulfonamides is 1. The van der Waals surface area contributed by atoms with E-state index in [1.54, 1.807) is 19.0 Å². The minimum Gasteiger partial charge on any atom is -0.370 e. The highest BCUT2D eigenvalue weighted by molar-refractivity contribution is 7.89. The summed E-state index contributed by atoms with van der Waals surface area (Å²) in [4.78, 5) is 5.59. The number of aliphatic imine (C=N–C) groups is 1. The minimum absolute atomic E-state index is 0.0750. The van der Waals surface area contributed by atoms with Gasteiger partial charge in [0.15, 0.2) is 5.96 Å². The van der Waals surface area contributed by atoms with E-state index < -0.39 is 10.0 Å². The van der Waals surface area contributed by atoms with Crippen molar-refractivity contribution in [1.29, 1.82) is 0 Å². The Kier molecular flexibility index (Phi) is 5.78. The Morgan fingerprint density at radius 3 is 2.53 bits per heavy atom. The highest BCUT2D eigenvalue weighted by Crippen LogP contribution is 1.98. The molecule has 106 valence electrons. The Morgan fingerprint density at radius 2 is 1.95 bits per heavy atom. The molecular weight excluding hydrogens is 264 g/mol. The smallest absolute Gasteiger partial charge is 0.213 e. The largest absolute Gasteiger partial charge is 0.370 e. The summed E-state index contributed by atoms with van der Waals surface area (Å²) in [5, 5.41) is 0. The Balaban J connectivity index is 2.43. The van der Waals surface area contributed by atoms with Gasteiger partial charge in [-0.25, -0.2) is 13.1 Å². The van der Waals surface area contributed by atoms with E-state index in [1.165, 1.54) is 0 Å². The van der Waals surface area contributed by atoms with E-state index in [4.69, 9.17) is 5.73 Å². The number of rotatable bonds is 6. The summed E-state index contributed by atoms with van der Waals surface area (Å²) in [5.74, 6) is 0.243. The summed E-state index contributed by atoms with van der Waals surface area (Å²) in [6.07, 6.45) is 0. The maximum atomic E-state index is 11.7. The molecule has 0 fully saturated rings. The van der Waals surface area contributed by atoms with Crippen molar-refractivity contribution >= 4 is 16.0 Å². The molecule has 3 N–H and O–H groups in total. The van der Waals surface area contributed by atoms with Crippen LogP contribution >= 0.6 is 0 Å². The maximum absolute atomic E-state index is 11.7. The molecule has 0 unspecified atom stereocenters. The summed E-state index contributed by atoms with van der Waals surface area (Å²) in [5.41, 5.74) is 6.49. The average Bonchev–Trinajstić information content (AvgIpc) is 2.37. The maximum Gasteiger partial charge on any atom is 0.213 e. The molecule has 0 heterocycles. The molecule has 1 aromatic carbocycles. The van der Waals surface area contributed by atoms with Gasteiger partial charge in [0.1, 0.15) is 0 Å². The van der Waals surface area contributed by atoms with Crippen LogP contribution in [0.2, 0.25) is 0 Å². The molecule has 0 saturated carbocycles. The van der Waals surface area contributed by atoms with Crippen molar-refractivity contribution in [2.45, 2.75) is 6.54 Å². The molecule has 0 saturated heterocycles. The van der Waals surface area contributed by atoms with Crippen LogP contribution in [0, 0.1) is 0 Å². The van der Waals surface area contributed by atoms with E-state index in [-0.39, 0.29) is 18.8 Å². The topological polar surface area (TPSA) is 87.8 Å². The second-order valence-electron chi connectivity index (χ2n) is 4.26. The highest BCUT2D eigenvalue weighted by atomic mass is 32.2. The summed E-state index contributed by atoms with van der Waals surface area (Å²) in [6.45, 7) is 0.435. The van der Waals surface area contributed by atoms with Crippen molar-refractivity contribution in [3.63, 3.8) is 0 Å². The lowest BCUT2D eigenvalue weighted by molar-refractivity contribution is 0.580. The number of nitrogens with two attached hydrogens (primary N) is 1. The fraction of sp³-hybridized carbons (Fsp3) is 0.417. The van der Waals surface area contributed by atoms with E-state index in [0.29, 0.717) is 5.96 Å².